The van der Waals surface area contributed by atoms with Crippen LogP contribution in [0.4, 0.5) is 0 Å². The van der Waals surface area contributed by atoms with Crippen molar-refractivity contribution < 1.29 is 14.3 Å². The zero-order chi connectivity index (χ0) is 11.4. The molecule has 3 nitrogen and oxygen atoms in total. The smallest absolute Gasteiger partial charge is 0.311 e. The number of hydrogen-bond donors (Lipinski definition) is 0. The van der Waals surface area contributed by atoms with Gasteiger partial charge in [-0.1, -0.05) is 30.3 Å². The lowest BCUT2D eigenvalue weighted by Gasteiger charge is -2.03. The summed E-state index contributed by atoms with van der Waals surface area (Å²) in [7, 11) is 0. The standard InChI is InChI=1S/C13H16O3/c1-2-15-13(14)11-8-12(11)16-9-10-6-4-3-5-7-10/h3-7,11-12H,2,8-9H2,1H3/t11-,12-/m0/s1. The SMILES string of the molecule is CCOC(=O)[C@H]1C[C@@H]1OCc1ccccc1. The molecule has 0 aromatic heterocycles. The van der Waals surface area contributed by atoms with E-state index in [1.165, 1.54) is 0 Å². The molecule has 1 aliphatic rings. The molecule has 1 saturated carbocycles. The minimum atomic E-state index is -0.124. The molecule has 1 aliphatic carbocycles. The highest BCUT2D eigenvalue weighted by atomic mass is 16.5. The Morgan fingerprint density at radius 1 is 1.38 bits per heavy atom. The Morgan fingerprint density at radius 3 is 2.81 bits per heavy atom. The van der Waals surface area contributed by atoms with Crippen molar-refractivity contribution in [3.05, 3.63) is 35.9 Å². The third-order valence-corrected chi connectivity index (χ3v) is 2.63. The molecule has 0 N–H and O–H groups in total. The van der Waals surface area contributed by atoms with Gasteiger partial charge in [-0.3, -0.25) is 4.79 Å². The summed E-state index contributed by atoms with van der Waals surface area (Å²) in [5, 5.41) is 0. The third kappa shape index (κ3) is 2.83. The van der Waals surface area contributed by atoms with E-state index in [9.17, 15) is 4.79 Å². The molecule has 1 aromatic rings. The number of rotatable bonds is 5. The van der Waals surface area contributed by atoms with Crippen LogP contribution in [0.15, 0.2) is 30.3 Å². The second-order valence-corrected chi connectivity index (χ2v) is 3.93. The molecule has 0 spiro atoms. The van der Waals surface area contributed by atoms with E-state index in [1.807, 2.05) is 37.3 Å². The molecule has 86 valence electrons. The second-order valence-electron chi connectivity index (χ2n) is 3.93. The van der Waals surface area contributed by atoms with Crippen molar-refractivity contribution in [1.82, 2.24) is 0 Å². The number of carbonyl (C=O) groups excluding carboxylic acids is 1. The van der Waals surface area contributed by atoms with Crippen LogP contribution >= 0.6 is 0 Å². The van der Waals surface area contributed by atoms with Crippen molar-refractivity contribution in [3.8, 4) is 0 Å². The normalized spacial score (nSPS) is 22.8. The summed E-state index contributed by atoms with van der Waals surface area (Å²) in [4.78, 5) is 11.3. The lowest BCUT2D eigenvalue weighted by Crippen LogP contribution is -2.10. The molecule has 0 saturated heterocycles. The van der Waals surface area contributed by atoms with Gasteiger partial charge in [-0.25, -0.2) is 0 Å². The largest absolute Gasteiger partial charge is 0.466 e. The van der Waals surface area contributed by atoms with Gasteiger partial charge in [0.05, 0.1) is 25.2 Å². The van der Waals surface area contributed by atoms with Crippen molar-refractivity contribution in [2.24, 2.45) is 5.92 Å². The third-order valence-electron chi connectivity index (χ3n) is 2.63. The first-order valence-electron chi connectivity index (χ1n) is 5.63. The van der Waals surface area contributed by atoms with Crippen LogP contribution in [-0.4, -0.2) is 18.7 Å². The first-order valence-corrected chi connectivity index (χ1v) is 5.63. The molecule has 1 fully saturated rings. The molecule has 2 atom stereocenters. The molecule has 0 aliphatic heterocycles. The van der Waals surface area contributed by atoms with Crippen LogP contribution in [0, 0.1) is 5.92 Å². The van der Waals surface area contributed by atoms with Crippen molar-refractivity contribution >= 4 is 5.97 Å². The highest BCUT2D eigenvalue weighted by Crippen LogP contribution is 2.35. The Hall–Kier alpha value is -1.35. The van der Waals surface area contributed by atoms with E-state index in [1.54, 1.807) is 0 Å². The van der Waals surface area contributed by atoms with Gasteiger partial charge in [0.15, 0.2) is 0 Å². The van der Waals surface area contributed by atoms with Crippen LogP contribution < -0.4 is 0 Å². The Bertz CT molecular complexity index is 347. The topological polar surface area (TPSA) is 35.5 Å². The van der Waals surface area contributed by atoms with Gasteiger partial charge >= 0.3 is 5.97 Å². The van der Waals surface area contributed by atoms with E-state index >= 15 is 0 Å². The minimum Gasteiger partial charge on any atom is -0.466 e. The lowest BCUT2D eigenvalue weighted by molar-refractivity contribution is -0.145. The van der Waals surface area contributed by atoms with Crippen molar-refractivity contribution in [2.45, 2.75) is 26.1 Å². The zero-order valence-electron chi connectivity index (χ0n) is 9.39. The van der Waals surface area contributed by atoms with Crippen LogP contribution in [0.3, 0.4) is 0 Å². The average molecular weight is 220 g/mol. The molecule has 16 heavy (non-hydrogen) atoms. The minimum absolute atomic E-state index is 0.0383. The molecule has 0 heterocycles. The maximum Gasteiger partial charge on any atom is 0.311 e. The van der Waals surface area contributed by atoms with Crippen LogP contribution in [0.25, 0.3) is 0 Å². The summed E-state index contributed by atoms with van der Waals surface area (Å²) >= 11 is 0. The summed E-state index contributed by atoms with van der Waals surface area (Å²) < 4.78 is 10.5. The summed E-state index contributed by atoms with van der Waals surface area (Å²) in [5.74, 6) is -0.163. The van der Waals surface area contributed by atoms with E-state index in [4.69, 9.17) is 9.47 Å². The second kappa shape index (κ2) is 5.12. The summed E-state index contributed by atoms with van der Waals surface area (Å²) in [5.41, 5.74) is 1.14. The van der Waals surface area contributed by atoms with Crippen molar-refractivity contribution in [3.63, 3.8) is 0 Å². The number of benzene rings is 1. The van der Waals surface area contributed by atoms with Crippen LogP contribution in [0.1, 0.15) is 18.9 Å². The first kappa shape index (κ1) is 11.1. The lowest BCUT2D eigenvalue weighted by atomic mass is 10.2. The van der Waals surface area contributed by atoms with E-state index in [0.29, 0.717) is 13.2 Å². The van der Waals surface area contributed by atoms with Gasteiger partial charge in [0.1, 0.15) is 0 Å². The quantitative estimate of drug-likeness (QED) is 0.713. The Morgan fingerprint density at radius 2 is 2.12 bits per heavy atom. The van der Waals surface area contributed by atoms with Crippen LogP contribution in [-0.2, 0) is 20.9 Å². The molecule has 0 bridgehead atoms. The van der Waals surface area contributed by atoms with Crippen LogP contribution in [0.2, 0.25) is 0 Å². The predicted octanol–water partition coefficient (Wildman–Crippen LogP) is 2.15. The van der Waals surface area contributed by atoms with Gasteiger partial charge in [0, 0.05) is 0 Å². The molecule has 0 amide bonds. The zero-order valence-corrected chi connectivity index (χ0v) is 9.39. The van der Waals surface area contributed by atoms with Gasteiger partial charge in [0.2, 0.25) is 0 Å². The van der Waals surface area contributed by atoms with Crippen molar-refractivity contribution in [1.29, 1.82) is 0 Å². The number of carbonyl (C=O) groups is 1. The number of esters is 1. The molecular weight excluding hydrogens is 204 g/mol. The van der Waals surface area contributed by atoms with Gasteiger partial charge in [-0.2, -0.15) is 0 Å². The maximum absolute atomic E-state index is 11.3. The van der Waals surface area contributed by atoms with Crippen LogP contribution in [0.5, 0.6) is 0 Å². The highest BCUT2D eigenvalue weighted by Gasteiger charge is 2.45. The fourth-order valence-electron chi connectivity index (χ4n) is 1.63. The molecule has 3 heteroatoms. The maximum atomic E-state index is 11.3. The van der Waals surface area contributed by atoms with Gasteiger partial charge in [0.25, 0.3) is 0 Å². The molecule has 0 radical (unpaired) electrons. The van der Waals surface area contributed by atoms with Gasteiger partial charge in [-0.15, -0.1) is 0 Å². The fourth-order valence-corrected chi connectivity index (χ4v) is 1.63. The Labute approximate surface area is 95.4 Å². The monoisotopic (exact) mass is 220 g/mol. The molecule has 0 unspecified atom stereocenters. The van der Waals surface area contributed by atoms with E-state index in [-0.39, 0.29) is 18.0 Å². The van der Waals surface area contributed by atoms with Gasteiger partial charge < -0.3 is 9.47 Å². The Balaban J connectivity index is 1.72. The number of ether oxygens (including phenoxy) is 2. The molecular formula is C13H16O3. The van der Waals surface area contributed by atoms with E-state index in [2.05, 4.69) is 0 Å². The molecule has 2 rings (SSSR count). The predicted molar refractivity (Wildman–Crippen MR) is 59.8 cm³/mol. The summed E-state index contributed by atoms with van der Waals surface area (Å²) in [6.07, 6.45) is 0.852. The summed E-state index contributed by atoms with van der Waals surface area (Å²) in [6, 6.07) is 9.97. The first-order chi connectivity index (χ1) is 7.81. The average Bonchev–Trinajstić information content (AvgIpc) is 3.08. The Kier molecular flexibility index (Phi) is 3.57. The summed E-state index contributed by atoms with van der Waals surface area (Å²) in [6.45, 7) is 2.84. The van der Waals surface area contributed by atoms with E-state index in [0.717, 1.165) is 12.0 Å². The fraction of sp³-hybridized carbons (Fsp3) is 0.462. The number of hydrogen-bond acceptors (Lipinski definition) is 3. The highest BCUT2D eigenvalue weighted by molar-refractivity contribution is 5.76. The van der Waals surface area contributed by atoms with Gasteiger partial charge in [-0.05, 0) is 18.9 Å². The van der Waals surface area contributed by atoms with E-state index < -0.39 is 0 Å². The van der Waals surface area contributed by atoms with Crippen molar-refractivity contribution in [2.75, 3.05) is 6.61 Å². The molecule has 1 aromatic carbocycles.